The van der Waals surface area contributed by atoms with Crippen LogP contribution in [0.25, 0.3) is 0 Å². The van der Waals surface area contributed by atoms with Crippen molar-refractivity contribution in [3.8, 4) is 0 Å². The first-order valence-corrected chi connectivity index (χ1v) is 8.75. The predicted molar refractivity (Wildman–Crippen MR) is 81.7 cm³/mol. The summed E-state index contributed by atoms with van der Waals surface area (Å²) >= 11 is 5.91. The van der Waals surface area contributed by atoms with Crippen molar-refractivity contribution in [1.29, 1.82) is 0 Å². The molecule has 0 atom stereocenters. The number of carbonyl (C=O) groups is 1. The Labute approximate surface area is 130 Å². The summed E-state index contributed by atoms with van der Waals surface area (Å²) in [5, 5.41) is 5.29. The number of primary sulfonamides is 1. The van der Waals surface area contributed by atoms with Crippen LogP contribution in [0.1, 0.15) is 37.0 Å². The predicted octanol–water partition coefficient (Wildman–Crippen LogP) is 2.25. The van der Waals surface area contributed by atoms with E-state index >= 15 is 0 Å². The Morgan fingerprint density at radius 2 is 2.00 bits per heavy atom. The van der Waals surface area contributed by atoms with E-state index in [0.29, 0.717) is 12.5 Å². The van der Waals surface area contributed by atoms with Gasteiger partial charge in [-0.3, -0.25) is 4.79 Å². The van der Waals surface area contributed by atoms with Crippen LogP contribution in [0.15, 0.2) is 23.1 Å². The Bertz CT molecular complexity index is 654. The molecule has 116 valence electrons. The molecule has 0 heterocycles. The number of hydrogen-bond donors (Lipinski definition) is 1. The molecular formula is C14H19ClN2O3S. The molecular weight excluding hydrogens is 312 g/mol. The fraction of sp³-hybridized carbons (Fsp3) is 0.500. The summed E-state index contributed by atoms with van der Waals surface area (Å²) in [7, 11) is -3.89. The van der Waals surface area contributed by atoms with Gasteiger partial charge in [0.05, 0.1) is 4.90 Å². The topological polar surface area (TPSA) is 80.5 Å². The van der Waals surface area contributed by atoms with Crippen molar-refractivity contribution in [2.75, 3.05) is 6.54 Å². The molecule has 7 heteroatoms. The van der Waals surface area contributed by atoms with Crippen molar-refractivity contribution < 1.29 is 13.2 Å². The summed E-state index contributed by atoms with van der Waals surface area (Å²) in [6.07, 6.45) is 2.27. The molecule has 1 saturated carbocycles. The number of halogens is 1. The van der Waals surface area contributed by atoms with Crippen LogP contribution >= 0.6 is 11.6 Å². The quantitative estimate of drug-likeness (QED) is 0.899. The fourth-order valence-corrected chi connectivity index (χ4v) is 3.01. The highest BCUT2D eigenvalue weighted by molar-refractivity contribution is 7.89. The third kappa shape index (κ3) is 4.18. The fourth-order valence-electron chi connectivity index (χ4n) is 2.12. The van der Waals surface area contributed by atoms with Gasteiger partial charge in [0.15, 0.2) is 0 Å². The van der Waals surface area contributed by atoms with Gasteiger partial charge in [-0.1, -0.05) is 11.6 Å². The van der Waals surface area contributed by atoms with Gasteiger partial charge in [0.1, 0.15) is 0 Å². The highest BCUT2D eigenvalue weighted by Gasteiger charge is 2.29. The Hall–Kier alpha value is -1.11. The number of benzene rings is 1. The van der Waals surface area contributed by atoms with E-state index in [-0.39, 0.29) is 27.4 Å². The molecule has 1 aliphatic rings. The smallest absolute Gasteiger partial charge is 0.254 e. The average Bonchev–Trinajstić information content (AvgIpc) is 3.17. The van der Waals surface area contributed by atoms with Gasteiger partial charge < -0.3 is 4.90 Å². The van der Waals surface area contributed by atoms with Gasteiger partial charge in [-0.25, -0.2) is 13.6 Å². The third-order valence-corrected chi connectivity index (χ3v) is 4.59. The van der Waals surface area contributed by atoms with Crippen LogP contribution in [0.3, 0.4) is 0 Å². The number of nitrogens with two attached hydrogens (primary N) is 1. The van der Waals surface area contributed by atoms with Crippen LogP contribution in [0, 0.1) is 5.92 Å². The van der Waals surface area contributed by atoms with E-state index in [9.17, 15) is 13.2 Å². The standard InChI is InChI=1S/C14H19ClN2O3S/c1-9(2)17(8-10-3-4-10)14(18)11-5-12(15)7-13(6-11)21(16,19)20/h5-7,9-10H,3-4,8H2,1-2H3,(H2,16,19,20). The molecule has 1 aromatic carbocycles. The molecule has 1 aliphatic carbocycles. The van der Waals surface area contributed by atoms with Gasteiger partial charge in [-0.05, 0) is 50.8 Å². The number of hydrogen-bond acceptors (Lipinski definition) is 3. The maximum absolute atomic E-state index is 12.6. The molecule has 0 saturated heterocycles. The molecule has 2 N–H and O–H groups in total. The number of carbonyl (C=O) groups excluding carboxylic acids is 1. The van der Waals surface area contributed by atoms with Gasteiger partial charge in [-0.15, -0.1) is 0 Å². The van der Waals surface area contributed by atoms with Gasteiger partial charge in [0, 0.05) is 23.2 Å². The van der Waals surface area contributed by atoms with E-state index in [1.165, 1.54) is 18.2 Å². The summed E-state index contributed by atoms with van der Waals surface area (Å²) < 4.78 is 22.9. The van der Waals surface area contributed by atoms with Gasteiger partial charge in [0.25, 0.3) is 5.91 Å². The lowest BCUT2D eigenvalue weighted by atomic mass is 10.1. The van der Waals surface area contributed by atoms with Crippen LogP contribution < -0.4 is 5.14 Å². The summed E-state index contributed by atoms with van der Waals surface area (Å²) in [6.45, 7) is 4.56. The summed E-state index contributed by atoms with van der Waals surface area (Å²) in [5.41, 5.74) is 0.251. The second-order valence-electron chi connectivity index (χ2n) is 5.72. The Morgan fingerprint density at radius 3 is 2.48 bits per heavy atom. The molecule has 2 rings (SSSR count). The minimum atomic E-state index is -3.89. The van der Waals surface area contributed by atoms with E-state index in [2.05, 4.69) is 0 Å². The van der Waals surface area contributed by atoms with Gasteiger partial charge in [-0.2, -0.15) is 0 Å². The lowest BCUT2D eigenvalue weighted by molar-refractivity contribution is 0.0696. The first-order valence-electron chi connectivity index (χ1n) is 6.83. The van der Waals surface area contributed by atoms with Crippen molar-refractivity contribution in [2.24, 2.45) is 11.1 Å². The maximum atomic E-state index is 12.6. The van der Waals surface area contributed by atoms with Crippen molar-refractivity contribution >= 4 is 27.5 Å². The second-order valence-corrected chi connectivity index (χ2v) is 7.71. The monoisotopic (exact) mass is 330 g/mol. The van der Waals surface area contributed by atoms with Crippen LogP contribution in [0.5, 0.6) is 0 Å². The lowest BCUT2D eigenvalue weighted by Gasteiger charge is -2.27. The van der Waals surface area contributed by atoms with Crippen molar-refractivity contribution in [2.45, 2.75) is 37.6 Å². The van der Waals surface area contributed by atoms with E-state index in [1.807, 2.05) is 13.8 Å². The Morgan fingerprint density at radius 1 is 1.38 bits per heavy atom. The van der Waals surface area contributed by atoms with Crippen LogP contribution in [-0.4, -0.2) is 31.8 Å². The molecule has 5 nitrogen and oxygen atoms in total. The zero-order chi connectivity index (χ0) is 15.8. The zero-order valence-corrected chi connectivity index (χ0v) is 13.6. The number of sulfonamides is 1. The molecule has 0 radical (unpaired) electrons. The van der Waals surface area contributed by atoms with E-state index in [0.717, 1.165) is 12.8 Å². The van der Waals surface area contributed by atoms with Crippen LogP contribution in [-0.2, 0) is 10.0 Å². The highest BCUT2D eigenvalue weighted by Crippen LogP contribution is 2.31. The second kappa shape index (κ2) is 5.94. The molecule has 0 spiro atoms. The summed E-state index contributed by atoms with van der Waals surface area (Å²) in [5.74, 6) is 0.331. The number of amides is 1. The van der Waals surface area contributed by atoms with E-state index < -0.39 is 10.0 Å². The van der Waals surface area contributed by atoms with E-state index in [1.54, 1.807) is 4.90 Å². The van der Waals surface area contributed by atoms with Gasteiger partial charge >= 0.3 is 0 Å². The van der Waals surface area contributed by atoms with Crippen molar-refractivity contribution in [3.05, 3.63) is 28.8 Å². The van der Waals surface area contributed by atoms with Crippen LogP contribution in [0.2, 0.25) is 5.02 Å². The molecule has 1 fully saturated rings. The largest absolute Gasteiger partial charge is 0.336 e. The minimum absolute atomic E-state index is 0.0371. The van der Waals surface area contributed by atoms with Crippen LogP contribution in [0.4, 0.5) is 0 Å². The van der Waals surface area contributed by atoms with Crippen molar-refractivity contribution in [3.63, 3.8) is 0 Å². The van der Waals surface area contributed by atoms with Crippen molar-refractivity contribution in [1.82, 2.24) is 4.90 Å². The molecule has 0 aromatic heterocycles. The first kappa shape index (κ1) is 16.3. The lowest BCUT2D eigenvalue weighted by Crippen LogP contribution is -2.38. The molecule has 0 aliphatic heterocycles. The molecule has 0 bridgehead atoms. The molecule has 0 unspecified atom stereocenters. The Balaban J connectivity index is 2.34. The minimum Gasteiger partial charge on any atom is -0.336 e. The van der Waals surface area contributed by atoms with E-state index in [4.69, 9.17) is 16.7 Å². The normalized spacial score (nSPS) is 15.3. The summed E-state index contributed by atoms with van der Waals surface area (Å²) in [4.78, 5) is 14.2. The Kier molecular flexibility index (Phi) is 4.60. The zero-order valence-electron chi connectivity index (χ0n) is 12.0. The first-order chi connectivity index (χ1) is 9.68. The van der Waals surface area contributed by atoms with Gasteiger partial charge in [0.2, 0.25) is 10.0 Å². The maximum Gasteiger partial charge on any atom is 0.254 e. The number of rotatable bonds is 5. The molecule has 1 aromatic rings. The summed E-state index contributed by atoms with van der Waals surface area (Å²) in [6, 6.07) is 4.04. The third-order valence-electron chi connectivity index (χ3n) is 3.48. The molecule has 1 amide bonds. The molecule has 21 heavy (non-hydrogen) atoms. The highest BCUT2D eigenvalue weighted by atomic mass is 35.5. The average molecular weight is 331 g/mol. The SMILES string of the molecule is CC(C)N(CC1CC1)C(=O)c1cc(Cl)cc(S(N)(=O)=O)c1. The number of nitrogens with zero attached hydrogens (tertiary/aromatic N) is 1.